The Morgan fingerprint density at radius 1 is 1.30 bits per heavy atom. The van der Waals surface area contributed by atoms with Gasteiger partial charge < -0.3 is 20.3 Å². The van der Waals surface area contributed by atoms with Gasteiger partial charge in [0.2, 0.25) is 0 Å². The zero-order valence-electron chi connectivity index (χ0n) is 17.8. The summed E-state index contributed by atoms with van der Waals surface area (Å²) in [7, 11) is 3.50. The van der Waals surface area contributed by atoms with Crippen LogP contribution < -0.4 is 15.5 Å². The molecule has 1 aromatic carbocycles. The molecule has 1 aliphatic heterocycles. The number of hydrogen-bond acceptors (Lipinski definition) is 4. The molecule has 1 fully saturated rings. The Hall–Kier alpha value is -1.58. The van der Waals surface area contributed by atoms with Crippen molar-refractivity contribution < 1.29 is 4.74 Å². The number of aryl methyl sites for hydroxylation is 1. The summed E-state index contributed by atoms with van der Waals surface area (Å²) in [6.07, 6.45) is 3.91. The van der Waals surface area contributed by atoms with Crippen LogP contribution in [0.5, 0.6) is 0 Å². The van der Waals surface area contributed by atoms with Crippen molar-refractivity contribution in [1.82, 2.24) is 15.6 Å². The third kappa shape index (κ3) is 6.99. The first-order chi connectivity index (χ1) is 14.1. The molecule has 3 rings (SSSR count). The second kappa shape index (κ2) is 12.3. The second-order valence-corrected chi connectivity index (χ2v) is 7.77. The van der Waals surface area contributed by atoms with Crippen molar-refractivity contribution >= 4 is 47.4 Å². The second-order valence-electron chi connectivity index (χ2n) is 7.33. The molecule has 0 bridgehead atoms. The molecule has 1 saturated heterocycles. The van der Waals surface area contributed by atoms with Gasteiger partial charge in [0.1, 0.15) is 5.82 Å². The molecule has 164 valence electrons. The van der Waals surface area contributed by atoms with E-state index in [4.69, 9.17) is 16.3 Å². The summed E-state index contributed by atoms with van der Waals surface area (Å²) in [5, 5.41) is 7.63. The van der Waals surface area contributed by atoms with E-state index in [-0.39, 0.29) is 30.1 Å². The summed E-state index contributed by atoms with van der Waals surface area (Å²) in [6.45, 7) is 4.64. The highest BCUT2D eigenvalue weighted by Crippen LogP contribution is 2.20. The number of ether oxygens (including phenoxy) is 1. The Labute approximate surface area is 201 Å². The van der Waals surface area contributed by atoms with Crippen LogP contribution in [0.1, 0.15) is 30.1 Å². The smallest absolute Gasteiger partial charge is 0.191 e. The lowest BCUT2D eigenvalue weighted by Gasteiger charge is -2.34. The fourth-order valence-electron chi connectivity index (χ4n) is 3.52. The van der Waals surface area contributed by atoms with E-state index in [9.17, 15) is 0 Å². The highest BCUT2D eigenvalue weighted by atomic mass is 127. The molecule has 2 N–H and O–H groups in total. The molecule has 30 heavy (non-hydrogen) atoms. The van der Waals surface area contributed by atoms with Crippen molar-refractivity contribution in [3.8, 4) is 0 Å². The molecule has 1 aliphatic rings. The van der Waals surface area contributed by atoms with E-state index in [1.165, 1.54) is 5.56 Å². The first kappa shape index (κ1) is 24.7. The van der Waals surface area contributed by atoms with Gasteiger partial charge in [-0.05, 0) is 49.1 Å². The number of pyridine rings is 1. The number of piperidine rings is 1. The molecule has 6 nitrogen and oxygen atoms in total. The molecule has 1 aromatic heterocycles. The minimum Gasteiger partial charge on any atom is -0.375 e. The highest BCUT2D eigenvalue weighted by Gasteiger charge is 2.21. The van der Waals surface area contributed by atoms with E-state index < -0.39 is 0 Å². The van der Waals surface area contributed by atoms with Crippen LogP contribution in [0.3, 0.4) is 0 Å². The average molecular weight is 544 g/mol. The normalized spacial score (nSPS) is 16.0. The monoisotopic (exact) mass is 543 g/mol. The van der Waals surface area contributed by atoms with Gasteiger partial charge in [0, 0.05) is 51.1 Å². The molecule has 2 heterocycles. The summed E-state index contributed by atoms with van der Waals surface area (Å²) in [6, 6.07) is 12.4. The molecule has 0 amide bonds. The van der Waals surface area contributed by atoms with Crippen molar-refractivity contribution in [2.24, 2.45) is 4.99 Å². The lowest BCUT2D eigenvalue weighted by Crippen LogP contribution is -2.49. The number of hydrogen-bond donors (Lipinski definition) is 2. The van der Waals surface area contributed by atoms with Gasteiger partial charge in [0.15, 0.2) is 5.96 Å². The van der Waals surface area contributed by atoms with E-state index in [0.29, 0.717) is 17.6 Å². The van der Waals surface area contributed by atoms with Crippen molar-refractivity contribution in [3.05, 3.63) is 58.7 Å². The standard InChI is InChI=1S/C22H30ClN5O.HI/c1-16-7-8-21(25-14-16)28-11-9-19(10-12-28)27-22(24-2)26-15-20(29-3)17-5-4-6-18(23)13-17;/h4-8,13-14,19-20H,9-12,15H2,1-3H3,(H2,24,26,27);1H. The Balaban J connectivity index is 0.00000320. The van der Waals surface area contributed by atoms with Crippen LogP contribution in [-0.2, 0) is 4.74 Å². The van der Waals surface area contributed by atoms with E-state index in [2.05, 4.69) is 44.6 Å². The van der Waals surface area contributed by atoms with Gasteiger partial charge in [-0.15, -0.1) is 24.0 Å². The van der Waals surface area contributed by atoms with Crippen LogP contribution in [-0.4, -0.2) is 50.8 Å². The number of halogens is 2. The minimum atomic E-state index is -0.0956. The van der Waals surface area contributed by atoms with Crippen molar-refractivity contribution in [2.75, 3.05) is 38.7 Å². The number of nitrogens with zero attached hydrogens (tertiary/aromatic N) is 3. The molecular weight excluding hydrogens is 513 g/mol. The maximum absolute atomic E-state index is 6.11. The van der Waals surface area contributed by atoms with Crippen molar-refractivity contribution in [2.45, 2.75) is 31.9 Å². The Kier molecular flexibility index (Phi) is 10.1. The first-order valence-electron chi connectivity index (χ1n) is 10.0. The van der Waals surface area contributed by atoms with Gasteiger partial charge in [-0.1, -0.05) is 29.8 Å². The first-order valence-corrected chi connectivity index (χ1v) is 10.4. The molecule has 0 aliphatic carbocycles. The zero-order chi connectivity index (χ0) is 20.6. The van der Waals surface area contributed by atoms with E-state index in [1.807, 2.05) is 30.5 Å². The van der Waals surface area contributed by atoms with Crippen molar-refractivity contribution in [3.63, 3.8) is 0 Å². The third-order valence-electron chi connectivity index (χ3n) is 5.24. The van der Waals surface area contributed by atoms with Crippen LogP contribution in [0.4, 0.5) is 5.82 Å². The molecular formula is C22H31ClIN5O. The number of aliphatic imine (C=N–C) groups is 1. The molecule has 0 saturated carbocycles. The summed E-state index contributed by atoms with van der Waals surface area (Å²) >= 11 is 6.11. The molecule has 1 unspecified atom stereocenters. The van der Waals surface area contributed by atoms with E-state index >= 15 is 0 Å². The summed E-state index contributed by atoms with van der Waals surface area (Å²) < 4.78 is 5.63. The van der Waals surface area contributed by atoms with Crippen LogP contribution >= 0.6 is 35.6 Å². The maximum atomic E-state index is 6.11. The lowest BCUT2D eigenvalue weighted by molar-refractivity contribution is 0.106. The van der Waals surface area contributed by atoms with Crippen LogP contribution in [0, 0.1) is 6.92 Å². The lowest BCUT2D eigenvalue weighted by atomic mass is 10.1. The molecule has 8 heteroatoms. The van der Waals surface area contributed by atoms with Crippen LogP contribution in [0.25, 0.3) is 0 Å². The minimum absolute atomic E-state index is 0. The maximum Gasteiger partial charge on any atom is 0.191 e. The predicted octanol–water partition coefficient (Wildman–Crippen LogP) is 4.18. The molecule has 0 radical (unpaired) electrons. The summed E-state index contributed by atoms with van der Waals surface area (Å²) in [5.41, 5.74) is 2.23. The number of nitrogens with one attached hydrogen (secondary N) is 2. The van der Waals surface area contributed by atoms with Crippen LogP contribution in [0.15, 0.2) is 47.6 Å². The van der Waals surface area contributed by atoms with E-state index in [0.717, 1.165) is 43.3 Å². The van der Waals surface area contributed by atoms with E-state index in [1.54, 1.807) is 14.2 Å². The molecule has 1 atom stereocenters. The third-order valence-corrected chi connectivity index (χ3v) is 5.47. The van der Waals surface area contributed by atoms with Gasteiger partial charge in [-0.25, -0.2) is 4.98 Å². The van der Waals surface area contributed by atoms with Gasteiger partial charge in [0.05, 0.1) is 6.10 Å². The molecule has 0 spiro atoms. The predicted molar refractivity (Wildman–Crippen MR) is 135 cm³/mol. The zero-order valence-corrected chi connectivity index (χ0v) is 20.9. The quantitative estimate of drug-likeness (QED) is 0.325. The SMILES string of the molecule is CN=C(NCC(OC)c1cccc(Cl)c1)NC1CCN(c2ccc(C)cn2)CC1.I. The number of rotatable bonds is 6. The van der Waals surface area contributed by atoms with Gasteiger partial charge >= 0.3 is 0 Å². The highest BCUT2D eigenvalue weighted by molar-refractivity contribution is 14.0. The number of benzene rings is 1. The summed E-state index contributed by atoms with van der Waals surface area (Å²) in [5.74, 6) is 1.85. The Morgan fingerprint density at radius 2 is 2.07 bits per heavy atom. The fraction of sp³-hybridized carbons (Fsp3) is 0.455. The number of guanidine groups is 1. The topological polar surface area (TPSA) is 61.8 Å². The van der Waals surface area contributed by atoms with Crippen LogP contribution in [0.2, 0.25) is 5.02 Å². The fourth-order valence-corrected chi connectivity index (χ4v) is 3.72. The number of methoxy groups -OCH3 is 1. The number of anilines is 1. The number of aromatic nitrogens is 1. The average Bonchev–Trinajstić information content (AvgIpc) is 2.74. The molecule has 2 aromatic rings. The van der Waals surface area contributed by atoms with Gasteiger partial charge in [-0.3, -0.25) is 4.99 Å². The largest absolute Gasteiger partial charge is 0.375 e. The van der Waals surface area contributed by atoms with Gasteiger partial charge in [-0.2, -0.15) is 0 Å². The Bertz CT molecular complexity index is 809. The van der Waals surface area contributed by atoms with Crippen molar-refractivity contribution in [1.29, 1.82) is 0 Å². The Morgan fingerprint density at radius 3 is 2.67 bits per heavy atom. The van der Waals surface area contributed by atoms with Gasteiger partial charge in [0.25, 0.3) is 0 Å². The summed E-state index contributed by atoms with van der Waals surface area (Å²) in [4.78, 5) is 11.3.